The highest BCUT2D eigenvalue weighted by Gasteiger charge is 2.22. The van der Waals surface area contributed by atoms with Crippen LogP contribution in [-0.4, -0.2) is 40.9 Å². The Bertz CT molecular complexity index is 1170. The number of rotatable bonds is 4. The lowest BCUT2D eigenvalue weighted by molar-refractivity contribution is 0.326. The maximum absolute atomic E-state index is 6.07. The van der Waals surface area contributed by atoms with Crippen LogP contribution in [0.1, 0.15) is 32.4 Å². The fourth-order valence-electron chi connectivity index (χ4n) is 3.67. The van der Waals surface area contributed by atoms with Gasteiger partial charge in [-0.05, 0) is 38.5 Å². The van der Waals surface area contributed by atoms with Crippen molar-refractivity contribution >= 4 is 0 Å². The van der Waals surface area contributed by atoms with Gasteiger partial charge in [-0.25, -0.2) is 9.36 Å². The minimum atomic E-state index is 0.207. The van der Waals surface area contributed by atoms with Crippen LogP contribution in [0.25, 0.3) is 28.3 Å². The topological polar surface area (TPSA) is 75.6 Å². The molecule has 1 aromatic carbocycles. The summed E-state index contributed by atoms with van der Waals surface area (Å²) in [4.78, 5) is 4.41. The second kappa shape index (κ2) is 6.88. The van der Waals surface area contributed by atoms with Gasteiger partial charge in [0.05, 0.1) is 24.5 Å². The molecule has 0 amide bonds. The molecule has 1 aliphatic heterocycles. The summed E-state index contributed by atoms with van der Waals surface area (Å²) in [5.74, 6) is 1.57. The van der Waals surface area contributed by atoms with Crippen LogP contribution in [0.15, 0.2) is 43.1 Å². The fourth-order valence-corrected chi connectivity index (χ4v) is 3.67. The first kappa shape index (κ1) is 17.7. The molecule has 0 saturated heterocycles. The van der Waals surface area contributed by atoms with Crippen molar-refractivity contribution in [3.05, 3.63) is 48.7 Å². The van der Waals surface area contributed by atoms with E-state index in [2.05, 4.69) is 60.3 Å². The smallest absolute Gasteiger partial charge is 0.249 e. The highest BCUT2D eigenvalue weighted by atomic mass is 16.5. The molecule has 4 heterocycles. The van der Waals surface area contributed by atoms with Crippen molar-refractivity contribution in [3.63, 3.8) is 0 Å². The molecule has 4 aromatic rings. The minimum absolute atomic E-state index is 0.207. The molecule has 0 atom stereocenters. The molecule has 8 nitrogen and oxygen atoms in total. The van der Waals surface area contributed by atoms with Gasteiger partial charge in [0.1, 0.15) is 12.1 Å². The van der Waals surface area contributed by atoms with Gasteiger partial charge in [0.15, 0.2) is 0 Å². The molecule has 0 aliphatic carbocycles. The zero-order valence-corrected chi connectivity index (χ0v) is 16.8. The van der Waals surface area contributed by atoms with Crippen LogP contribution in [-0.2, 0) is 13.0 Å². The van der Waals surface area contributed by atoms with Crippen molar-refractivity contribution in [2.24, 2.45) is 0 Å². The first-order chi connectivity index (χ1) is 14.1. The normalized spacial score (nSPS) is 13.1. The largest absolute Gasteiger partial charge is 0.493 e. The molecule has 8 heteroatoms. The number of nitrogens with zero attached hydrogens (tertiary/aromatic N) is 7. The standard InChI is InChI=1S/C21H23N7O/c1-4-26-11-17(10-23-26)15-5-6-18-19(9-15)29-8-7-16-12-27(25-20(16)18)21-22-13-24-28(21)14(2)3/h5-6,9-14H,4,7-8H2,1-3H3. The van der Waals surface area contributed by atoms with E-state index >= 15 is 0 Å². The Labute approximate surface area is 168 Å². The maximum atomic E-state index is 6.07. The van der Waals surface area contributed by atoms with Gasteiger partial charge in [-0.15, -0.1) is 0 Å². The Morgan fingerprint density at radius 1 is 1.14 bits per heavy atom. The summed E-state index contributed by atoms with van der Waals surface area (Å²) in [5.41, 5.74) is 5.25. The lowest BCUT2D eigenvalue weighted by Crippen LogP contribution is -2.11. The van der Waals surface area contributed by atoms with Gasteiger partial charge in [0.25, 0.3) is 0 Å². The molecule has 0 radical (unpaired) electrons. The number of aryl methyl sites for hydroxylation is 1. The molecule has 0 bridgehead atoms. The first-order valence-corrected chi connectivity index (χ1v) is 9.92. The van der Waals surface area contributed by atoms with E-state index in [9.17, 15) is 0 Å². The predicted octanol–water partition coefficient (Wildman–Crippen LogP) is 3.53. The third-order valence-corrected chi connectivity index (χ3v) is 5.19. The zero-order valence-electron chi connectivity index (χ0n) is 16.8. The monoisotopic (exact) mass is 389 g/mol. The van der Waals surface area contributed by atoms with Crippen LogP contribution in [0, 0.1) is 0 Å². The minimum Gasteiger partial charge on any atom is -0.493 e. The van der Waals surface area contributed by atoms with Crippen molar-refractivity contribution < 1.29 is 4.74 Å². The molecule has 0 spiro atoms. The third kappa shape index (κ3) is 3.00. The Kier molecular flexibility index (Phi) is 4.19. The van der Waals surface area contributed by atoms with Crippen molar-refractivity contribution in [1.29, 1.82) is 0 Å². The number of benzene rings is 1. The number of aromatic nitrogens is 7. The highest BCUT2D eigenvalue weighted by Crippen LogP contribution is 2.37. The second-order valence-corrected chi connectivity index (χ2v) is 7.44. The molecule has 148 valence electrons. The molecule has 0 saturated carbocycles. The second-order valence-electron chi connectivity index (χ2n) is 7.44. The van der Waals surface area contributed by atoms with Crippen LogP contribution in [0.4, 0.5) is 0 Å². The lowest BCUT2D eigenvalue weighted by atomic mass is 10.0. The van der Waals surface area contributed by atoms with E-state index in [1.54, 1.807) is 6.33 Å². The Morgan fingerprint density at radius 2 is 2.03 bits per heavy atom. The summed E-state index contributed by atoms with van der Waals surface area (Å²) in [6, 6.07) is 6.47. The van der Waals surface area contributed by atoms with E-state index in [0.29, 0.717) is 6.61 Å². The Balaban J connectivity index is 1.57. The molecular weight excluding hydrogens is 366 g/mol. The van der Waals surface area contributed by atoms with Gasteiger partial charge >= 0.3 is 0 Å². The van der Waals surface area contributed by atoms with Crippen molar-refractivity contribution in [1.82, 2.24) is 34.3 Å². The molecular formula is C21H23N7O. The van der Waals surface area contributed by atoms with E-state index in [4.69, 9.17) is 9.84 Å². The van der Waals surface area contributed by atoms with Gasteiger partial charge in [0, 0.05) is 42.0 Å². The molecule has 5 rings (SSSR count). The van der Waals surface area contributed by atoms with Gasteiger partial charge < -0.3 is 4.74 Å². The van der Waals surface area contributed by atoms with E-state index in [1.807, 2.05) is 26.4 Å². The summed E-state index contributed by atoms with van der Waals surface area (Å²) in [6.45, 7) is 7.70. The van der Waals surface area contributed by atoms with Gasteiger partial charge in [-0.2, -0.15) is 20.3 Å². The first-order valence-electron chi connectivity index (χ1n) is 9.92. The van der Waals surface area contributed by atoms with Crippen LogP contribution >= 0.6 is 0 Å². The Hall–Kier alpha value is -3.42. The third-order valence-electron chi connectivity index (χ3n) is 5.19. The van der Waals surface area contributed by atoms with Gasteiger partial charge in [-0.3, -0.25) is 4.68 Å². The summed E-state index contributed by atoms with van der Waals surface area (Å²) in [5, 5.41) is 13.6. The van der Waals surface area contributed by atoms with Crippen LogP contribution in [0.2, 0.25) is 0 Å². The van der Waals surface area contributed by atoms with E-state index in [1.165, 1.54) is 0 Å². The average Bonchev–Trinajstić information content (AvgIpc) is 3.45. The summed E-state index contributed by atoms with van der Waals surface area (Å²) in [6.07, 6.45) is 8.35. The highest BCUT2D eigenvalue weighted by molar-refractivity contribution is 5.76. The maximum Gasteiger partial charge on any atom is 0.249 e. The molecule has 1 aliphatic rings. The van der Waals surface area contributed by atoms with Crippen LogP contribution in [0.5, 0.6) is 5.75 Å². The Morgan fingerprint density at radius 3 is 2.83 bits per heavy atom. The molecule has 0 fully saturated rings. The number of ether oxygens (including phenoxy) is 1. The molecule has 0 N–H and O–H groups in total. The van der Waals surface area contributed by atoms with E-state index < -0.39 is 0 Å². The van der Waals surface area contributed by atoms with Gasteiger partial charge in [0.2, 0.25) is 5.95 Å². The molecule has 0 unspecified atom stereocenters. The van der Waals surface area contributed by atoms with Crippen molar-refractivity contribution in [3.8, 4) is 34.1 Å². The fraction of sp³-hybridized carbons (Fsp3) is 0.333. The predicted molar refractivity (Wildman–Crippen MR) is 109 cm³/mol. The average molecular weight is 389 g/mol. The number of fused-ring (bicyclic) bond motifs is 3. The summed E-state index contributed by atoms with van der Waals surface area (Å²) >= 11 is 0. The van der Waals surface area contributed by atoms with Crippen molar-refractivity contribution in [2.75, 3.05) is 6.61 Å². The SMILES string of the molecule is CCn1cc(-c2ccc3c(c2)OCCc2cn(-c4ncnn4C(C)C)nc2-3)cn1. The van der Waals surface area contributed by atoms with Crippen LogP contribution in [0.3, 0.4) is 0 Å². The lowest BCUT2D eigenvalue weighted by Gasteiger charge is -2.10. The molecule has 3 aromatic heterocycles. The van der Waals surface area contributed by atoms with Crippen LogP contribution < -0.4 is 4.74 Å². The van der Waals surface area contributed by atoms with Crippen molar-refractivity contribution in [2.45, 2.75) is 39.8 Å². The number of hydrogen-bond acceptors (Lipinski definition) is 5. The number of hydrogen-bond donors (Lipinski definition) is 0. The quantitative estimate of drug-likeness (QED) is 0.534. The summed E-state index contributed by atoms with van der Waals surface area (Å²) < 4.78 is 11.7. The zero-order chi connectivity index (χ0) is 20.0. The summed E-state index contributed by atoms with van der Waals surface area (Å²) in [7, 11) is 0. The molecule has 29 heavy (non-hydrogen) atoms. The van der Waals surface area contributed by atoms with Gasteiger partial charge in [-0.1, -0.05) is 6.07 Å². The van der Waals surface area contributed by atoms with E-state index in [-0.39, 0.29) is 6.04 Å². The van der Waals surface area contributed by atoms with E-state index in [0.717, 1.165) is 52.6 Å².